The Bertz CT molecular complexity index is 776. The molecule has 0 fully saturated rings. The molecule has 0 spiro atoms. The number of aliphatic hydroxyl groups excluding tert-OH is 1. The second-order valence-corrected chi connectivity index (χ2v) is 8.85. The van der Waals surface area contributed by atoms with Gasteiger partial charge in [-0.15, -0.1) is 0 Å². The van der Waals surface area contributed by atoms with Gasteiger partial charge in [-0.3, -0.25) is 4.98 Å². The van der Waals surface area contributed by atoms with Crippen LogP contribution in [0.25, 0.3) is 11.1 Å². The lowest BCUT2D eigenvalue weighted by Gasteiger charge is -2.26. The van der Waals surface area contributed by atoms with Crippen LogP contribution in [0.2, 0.25) is 0 Å². The van der Waals surface area contributed by atoms with Crippen molar-refractivity contribution in [3.05, 3.63) is 52.3 Å². The molecule has 0 aliphatic carbocycles. The van der Waals surface area contributed by atoms with Crippen molar-refractivity contribution < 1.29 is 5.11 Å². The van der Waals surface area contributed by atoms with Crippen LogP contribution in [0.15, 0.2) is 24.3 Å². The van der Waals surface area contributed by atoms with Gasteiger partial charge < -0.3 is 10.8 Å². The van der Waals surface area contributed by atoms with E-state index in [2.05, 4.69) is 58.9 Å². The van der Waals surface area contributed by atoms with Crippen molar-refractivity contribution in [3.63, 3.8) is 0 Å². The predicted molar refractivity (Wildman–Crippen MR) is 124 cm³/mol. The third-order valence-corrected chi connectivity index (χ3v) is 5.67. The Kier molecular flexibility index (Phi) is 8.85. The molecule has 0 amide bonds. The highest BCUT2D eigenvalue weighted by Crippen LogP contribution is 2.40. The van der Waals surface area contributed by atoms with Crippen LogP contribution < -0.4 is 5.73 Å². The first-order valence-corrected chi connectivity index (χ1v) is 11.4. The van der Waals surface area contributed by atoms with E-state index < -0.39 is 6.10 Å². The maximum absolute atomic E-state index is 10.8. The maximum atomic E-state index is 10.8. The van der Waals surface area contributed by atoms with E-state index in [0.717, 1.165) is 35.2 Å². The quantitative estimate of drug-likeness (QED) is 0.443. The predicted octanol–water partition coefficient (Wildman–Crippen LogP) is 6.63. The summed E-state index contributed by atoms with van der Waals surface area (Å²) in [6, 6.07) is 8.53. The van der Waals surface area contributed by atoms with Gasteiger partial charge in [0.1, 0.15) is 0 Å². The Morgan fingerprint density at radius 2 is 1.52 bits per heavy atom. The molecule has 0 aliphatic rings. The average molecular weight is 397 g/mol. The SMILES string of the molecule is CCCCCCc1c(C(C)C)nc(C(C)C)c(C(C)O)c1-c1ccc(CN)cc1. The minimum absolute atomic E-state index is 0.258. The molecular formula is C26H40N2O. The topological polar surface area (TPSA) is 59.1 Å². The third-order valence-electron chi connectivity index (χ3n) is 5.67. The van der Waals surface area contributed by atoms with Gasteiger partial charge >= 0.3 is 0 Å². The van der Waals surface area contributed by atoms with Gasteiger partial charge in [0.2, 0.25) is 0 Å². The molecule has 3 nitrogen and oxygen atoms in total. The van der Waals surface area contributed by atoms with Crippen LogP contribution in [0.1, 0.15) is 113 Å². The minimum atomic E-state index is -0.556. The molecule has 3 N–H and O–H groups in total. The van der Waals surface area contributed by atoms with Gasteiger partial charge in [-0.25, -0.2) is 0 Å². The van der Waals surface area contributed by atoms with E-state index in [1.807, 2.05) is 6.92 Å². The molecule has 2 aromatic rings. The minimum Gasteiger partial charge on any atom is -0.389 e. The summed E-state index contributed by atoms with van der Waals surface area (Å²) in [4.78, 5) is 5.13. The van der Waals surface area contributed by atoms with Gasteiger partial charge in [0.05, 0.1) is 6.10 Å². The molecule has 29 heavy (non-hydrogen) atoms. The third kappa shape index (κ3) is 5.67. The summed E-state index contributed by atoms with van der Waals surface area (Å²) in [6.07, 6.45) is 5.33. The number of hydrogen-bond acceptors (Lipinski definition) is 3. The first-order valence-electron chi connectivity index (χ1n) is 11.4. The summed E-state index contributed by atoms with van der Waals surface area (Å²) in [5, 5.41) is 10.8. The number of aliphatic hydroxyl groups is 1. The van der Waals surface area contributed by atoms with Crippen LogP contribution in [0, 0.1) is 0 Å². The van der Waals surface area contributed by atoms with Crippen molar-refractivity contribution in [2.45, 2.75) is 98.1 Å². The Balaban J connectivity index is 2.76. The van der Waals surface area contributed by atoms with Crippen LogP contribution in [-0.4, -0.2) is 10.1 Å². The normalized spacial score (nSPS) is 12.8. The van der Waals surface area contributed by atoms with Crippen molar-refractivity contribution in [2.24, 2.45) is 5.73 Å². The summed E-state index contributed by atoms with van der Waals surface area (Å²) in [7, 11) is 0. The molecule has 3 heteroatoms. The van der Waals surface area contributed by atoms with E-state index in [-0.39, 0.29) is 5.92 Å². The lowest BCUT2D eigenvalue weighted by Crippen LogP contribution is -2.14. The molecule has 1 aromatic heterocycles. The van der Waals surface area contributed by atoms with E-state index in [9.17, 15) is 5.11 Å². The number of unbranched alkanes of at least 4 members (excludes halogenated alkanes) is 3. The Morgan fingerprint density at radius 1 is 0.897 bits per heavy atom. The fourth-order valence-corrected chi connectivity index (χ4v) is 4.14. The van der Waals surface area contributed by atoms with Crippen molar-refractivity contribution in [1.29, 1.82) is 0 Å². The van der Waals surface area contributed by atoms with E-state index in [1.54, 1.807) is 0 Å². The largest absolute Gasteiger partial charge is 0.389 e. The lowest BCUT2D eigenvalue weighted by atomic mass is 9.83. The van der Waals surface area contributed by atoms with Crippen LogP contribution >= 0.6 is 0 Å². The highest BCUT2D eigenvalue weighted by Gasteiger charge is 2.25. The summed E-state index contributed by atoms with van der Waals surface area (Å²) in [5.41, 5.74) is 13.8. The molecule has 0 aliphatic heterocycles. The van der Waals surface area contributed by atoms with Crippen LogP contribution in [-0.2, 0) is 13.0 Å². The second-order valence-electron chi connectivity index (χ2n) is 8.85. The van der Waals surface area contributed by atoms with Crippen molar-refractivity contribution in [2.75, 3.05) is 0 Å². The fraction of sp³-hybridized carbons (Fsp3) is 0.577. The standard InChI is InChI=1S/C26H40N2O/c1-7-8-9-10-11-22-24(21-14-12-20(16-27)13-15-21)23(19(6)29)26(18(4)5)28-25(22)17(2)3/h12-15,17-19,29H,7-11,16,27H2,1-6H3. The Labute approximate surface area is 177 Å². The van der Waals surface area contributed by atoms with E-state index in [1.165, 1.54) is 36.1 Å². The smallest absolute Gasteiger partial charge is 0.0785 e. The van der Waals surface area contributed by atoms with Gasteiger partial charge in [0.15, 0.2) is 0 Å². The molecule has 0 radical (unpaired) electrons. The zero-order valence-corrected chi connectivity index (χ0v) is 19.3. The summed E-state index contributed by atoms with van der Waals surface area (Å²) in [6.45, 7) is 13.4. The molecule has 1 unspecified atom stereocenters. The first kappa shape index (κ1) is 23.6. The number of rotatable bonds is 10. The van der Waals surface area contributed by atoms with Gasteiger partial charge in [-0.2, -0.15) is 0 Å². The molecule has 0 saturated heterocycles. The lowest BCUT2D eigenvalue weighted by molar-refractivity contribution is 0.197. The van der Waals surface area contributed by atoms with Crippen LogP contribution in [0.4, 0.5) is 0 Å². The van der Waals surface area contributed by atoms with E-state index in [0.29, 0.717) is 12.5 Å². The number of aromatic nitrogens is 1. The number of benzene rings is 1. The van der Waals surface area contributed by atoms with E-state index >= 15 is 0 Å². The molecule has 0 bridgehead atoms. The molecule has 160 valence electrons. The van der Waals surface area contributed by atoms with Gasteiger partial charge in [0, 0.05) is 23.5 Å². The highest BCUT2D eigenvalue weighted by atomic mass is 16.3. The maximum Gasteiger partial charge on any atom is 0.0785 e. The monoisotopic (exact) mass is 396 g/mol. The molecule has 1 atom stereocenters. The summed E-state index contributed by atoms with van der Waals surface area (Å²) < 4.78 is 0. The highest BCUT2D eigenvalue weighted by molar-refractivity contribution is 5.74. The Hall–Kier alpha value is -1.71. The van der Waals surface area contributed by atoms with Gasteiger partial charge in [-0.1, -0.05) is 78.1 Å². The average Bonchev–Trinajstić information content (AvgIpc) is 2.69. The zero-order chi connectivity index (χ0) is 21.6. The summed E-state index contributed by atoms with van der Waals surface area (Å²) >= 11 is 0. The van der Waals surface area contributed by atoms with Crippen molar-refractivity contribution in [3.8, 4) is 11.1 Å². The van der Waals surface area contributed by atoms with Gasteiger partial charge in [0.25, 0.3) is 0 Å². The van der Waals surface area contributed by atoms with Crippen molar-refractivity contribution in [1.82, 2.24) is 4.98 Å². The fourth-order valence-electron chi connectivity index (χ4n) is 4.14. The van der Waals surface area contributed by atoms with E-state index in [4.69, 9.17) is 10.7 Å². The van der Waals surface area contributed by atoms with Crippen LogP contribution in [0.3, 0.4) is 0 Å². The molecular weight excluding hydrogens is 356 g/mol. The molecule has 1 heterocycles. The zero-order valence-electron chi connectivity index (χ0n) is 19.3. The molecule has 0 saturated carbocycles. The number of pyridine rings is 1. The second kappa shape index (κ2) is 10.9. The number of nitrogens with two attached hydrogens (primary N) is 1. The van der Waals surface area contributed by atoms with Gasteiger partial charge in [-0.05, 0) is 53.9 Å². The van der Waals surface area contributed by atoms with Crippen LogP contribution in [0.5, 0.6) is 0 Å². The first-order chi connectivity index (χ1) is 13.8. The Morgan fingerprint density at radius 3 is 2.00 bits per heavy atom. The summed E-state index contributed by atoms with van der Waals surface area (Å²) in [5.74, 6) is 0.604. The molecule has 1 aromatic carbocycles. The number of hydrogen-bond donors (Lipinski definition) is 2. The molecule has 2 rings (SSSR count). The van der Waals surface area contributed by atoms with Crippen molar-refractivity contribution >= 4 is 0 Å². The number of nitrogens with zero attached hydrogens (tertiary/aromatic N) is 1.